The van der Waals surface area contributed by atoms with Crippen molar-refractivity contribution >= 4 is 16.8 Å². The number of fused-ring (bicyclic) bond motifs is 1. The van der Waals surface area contributed by atoms with E-state index >= 15 is 0 Å². The number of aromatic nitrogens is 2. The molecule has 1 fully saturated rings. The van der Waals surface area contributed by atoms with Crippen LogP contribution in [0.25, 0.3) is 11.0 Å². The Bertz CT molecular complexity index is 807. The maximum absolute atomic E-state index is 6.02. The highest BCUT2D eigenvalue weighted by atomic mass is 16.3. The van der Waals surface area contributed by atoms with Crippen molar-refractivity contribution in [3.05, 3.63) is 53.9 Å². The molecule has 124 valence electrons. The molecule has 1 saturated heterocycles. The molecule has 0 radical (unpaired) electrons. The number of furan rings is 1. The van der Waals surface area contributed by atoms with Crippen LogP contribution in [0.1, 0.15) is 18.2 Å². The quantitative estimate of drug-likeness (QED) is 0.738. The summed E-state index contributed by atoms with van der Waals surface area (Å²) in [5.41, 5.74) is 2.35. The van der Waals surface area contributed by atoms with Crippen molar-refractivity contribution in [1.29, 1.82) is 0 Å². The lowest BCUT2D eigenvalue weighted by molar-refractivity contribution is 0.248. The molecule has 4 rings (SSSR count). The molecule has 1 aliphatic heterocycles. The number of aryl methyl sites for hydroxylation is 1. The fraction of sp³-hybridized carbons (Fsp3) is 0.368. The van der Waals surface area contributed by atoms with E-state index in [1.54, 1.807) is 6.20 Å². The Hall–Kier alpha value is -2.40. The molecule has 0 spiro atoms. The smallest absolute Gasteiger partial charge is 0.151 e. The van der Waals surface area contributed by atoms with Gasteiger partial charge in [-0.25, -0.2) is 0 Å². The van der Waals surface area contributed by atoms with Gasteiger partial charge >= 0.3 is 0 Å². The highest BCUT2D eigenvalue weighted by molar-refractivity contribution is 5.82. The molecular formula is C19H22N4O. The van der Waals surface area contributed by atoms with Gasteiger partial charge in [0.2, 0.25) is 0 Å². The van der Waals surface area contributed by atoms with Gasteiger partial charge in [-0.05, 0) is 18.2 Å². The van der Waals surface area contributed by atoms with Crippen LogP contribution in [-0.2, 0) is 13.0 Å². The topological polar surface area (TPSA) is 45.4 Å². The Labute approximate surface area is 141 Å². The van der Waals surface area contributed by atoms with Gasteiger partial charge in [0.05, 0.1) is 0 Å². The molecule has 0 amide bonds. The molecule has 2 aromatic heterocycles. The number of benzene rings is 1. The number of hydrogen-bond acceptors (Lipinski definition) is 5. The first-order valence-corrected chi connectivity index (χ1v) is 8.59. The van der Waals surface area contributed by atoms with E-state index in [0.717, 1.165) is 56.3 Å². The van der Waals surface area contributed by atoms with E-state index in [2.05, 4.69) is 45.1 Å². The van der Waals surface area contributed by atoms with E-state index in [9.17, 15) is 0 Å². The van der Waals surface area contributed by atoms with Gasteiger partial charge in [0.1, 0.15) is 11.3 Å². The van der Waals surface area contributed by atoms with Gasteiger partial charge in [-0.3, -0.25) is 4.90 Å². The van der Waals surface area contributed by atoms with Crippen LogP contribution in [-0.4, -0.2) is 41.3 Å². The normalized spacial score (nSPS) is 16.0. The summed E-state index contributed by atoms with van der Waals surface area (Å²) in [6.07, 6.45) is 2.65. The summed E-state index contributed by atoms with van der Waals surface area (Å²) in [7, 11) is 0. The third-order valence-electron chi connectivity index (χ3n) is 4.74. The molecule has 0 saturated carbocycles. The molecule has 24 heavy (non-hydrogen) atoms. The predicted molar refractivity (Wildman–Crippen MR) is 95.1 cm³/mol. The number of rotatable bonds is 4. The molecule has 3 aromatic rings. The Balaban J connectivity index is 1.48. The first-order chi connectivity index (χ1) is 11.8. The van der Waals surface area contributed by atoms with Crippen molar-refractivity contribution in [3.63, 3.8) is 0 Å². The Morgan fingerprint density at radius 1 is 1.04 bits per heavy atom. The first-order valence-electron chi connectivity index (χ1n) is 8.59. The van der Waals surface area contributed by atoms with Crippen LogP contribution in [0, 0.1) is 0 Å². The highest BCUT2D eigenvalue weighted by Gasteiger charge is 2.21. The lowest BCUT2D eigenvalue weighted by atomic mass is 10.1. The van der Waals surface area contributed by atoms with E-state index in [1.165, 1.54) is 10.9 Å². The first kappa shape index (κ1) is 15.1. The minimum Gasteiger partial charge on any atom is -0.461 e. The maximum Gasteiger partial charge on any atom is 0.151 e. The molecule has 0 unspecified atom stereocenters. The van der Waals surface area contributed by atoms with Gasteiger partial charge in [-0.1, -0.05) is 25.1 Å². The number of hydrogen-bond donors (Lipinski definition) is 0. The summed E-state index contributed by atoms with van der Waals surface area (Å²) in [6.45, 7) is 7.13. The van der Waals surface area contributed by atoms with Crippen LogP contribution < -0.4 is 4.90 Å². The number of para-hydroxylation sites is 1. The van der Waals surface area contributed by atoms with Gasteiger partial charge in [0.25, 0.3) is 0 Å². The summed E-state index contributed by atoms with van der Waals surface area (Å²) >= 11 is 0. The molecule has 0 atom stereocenters. The van der Waals surface area contributed by atoms with E-state index in [-0.39, 0.29) is 0 Å². The molecule has 1 aromatic carbocycles. The van der Waals surface area contributed by atoms with Crippen molar-refractivity contribution in [2.75, 3.05) is 31.1 Å². The fourth-order valence-electron chi connectivity index (χ4n) is 3.43. The van der Waals surface area contributed by atoms with E-state index in [4.69, 9.17) is 4.42 Å². The Morgan fingerprint density at radius 3 is 2.62 bits per heavy atom. The summed E-state index contributed by atoms with van der Waals surface area (Å²) in [5.74, 6) is 2.09. The summed E-state index contributed by atoms with van der Waals surface area (Å²) in [5, 5.41) is 9.45. The standard InChI is InChI=1S/C19H22N4O/c1-2-17-16(15-6-3-4-7-18(15)24-17)14-22-10-12-23(13-11-22)19-8-5-9-20-21-19/h3-9H,2,10-14H2,1H3. The van der Waals surface area contributed by atoms with Crippen molar-refractivity contribution < 1.29 is 4.42 Å². The number of anilines is 1. The average Bonchev–Trinajstić information content (AvgIpc) is 3.01. The lowest BCUT2D eigenvalue weighted by Gasteiger charge is -2.35. The van der Waals surface area contributed by atoms with Crippen LogP contribution in [0.5, 0.6) is 0 Å². The molecule has 5 nitrogen and oxygen atoms in total. The molecule has 0 bridgehead atoms. The summed E-state index contributed by atoms with van der Waals surface area (Å²) in [6, 6.07) is 12.3. The van der Waals surface area contributed by atoms with Crippen molar-refractivity contribution in [1.82, 2.24) is 15.1 Å². The lowest BCUT2D eigenvalue weighted by Crippen LogP contribution is -2.46. The fourth-order valence-corrected chi connectivity index (χ4v) is 3.43. The zero-order valence-corrected chi connectivity index (χ0v) is 14.0. The van der Waals surface area contributed by atoms with Gasteiger partial charge in [0, 0.05) is 56.3 Å². The zero-order chi connectivity index (χ0) is 16.4. The summed E-state index contributed by atoms with van der Waals surface area (Å²) < 4.78 is 6.02. The van der Waals surface area contributed by atoms with Gasteiger partial charge < -0.3 is 9.32 Å². The van der Waals surface area contributed by atoms with Crippen LogP contribution in [0.15, 0.2) is 47.0 Å². The largest absolute Gasteiger partial charge is 0.461 e. The number of piperazine rings is 1. The van der Waals surface area contributed by atoms with E-state index < -0.39 is 0 Å². The average molecular weight is 322 g/mol. The SMILES string of the molecule is CCc1oc2ccccc2c1CN1CCN(c2cccnn2)CC1. The molecule has 0 aliphatic carbocycles. The molecule has 0 N–H and O–H groups in total. The number of nitrogens with zero attached hydrogens (tertiary/aromatic N) is 4. The summed E-state index contributed by atoms with van der Waals surface area (Å²) in [4.78, 5) is 4.81. The highest BCUT2D eigenvalue weighted by Crippen LogP contribution is 2.28. The molecular weight excluding hydrogens is 300 g/mol. The maximum atomic E-state index is 6.02. The van der Waals surface area contributed by atoms with Gasteiger partial charge in [-0.2, -0.15) is 5.10 Å². The van der Waals surface area contributed by atoms with Crippen LogP contribution in [0.3, 0.4) is 0 Å². The van der Waals surface area contributed by atoms with Gasteiger partial charge in [-0.15, -0.1) is 5.10 Å². The Morgan fingerprint density at radius 2 is 1.88 bits per heavy atom. The molecule has 5 heteroatoms. The zero-order valence-electron chi connectivity index (χ0n) is 14.0. The molecule has 1 aliphatic rings. The van der Waals surface area contributed by atoms with Crippen molar-refractivity contribution in [3.8, 4) is 0 Å². The minimum atomic E-state index is 0.934. The van der Waals surface area contributed by atoms with Crippen LogP contribution >= 0.6 is 0 Å². The second-order valence-electron chi connectivity index (χ2n) is 6.20. The van der Waals surface area contributed by atoms with Crippen LogP contribution in [0.4, 0.5) is 5.82 Å². The second kappa shape index (κ2) is 6.61. The second-order valence-corrected chi connectivity index (χ2v) is 6.20. The van der Waals surface area contributed by atoms with E-state index in [0.29, 0.717) is 0 Å². The third-order valence-corrected chi connectivity index (χ3v) is 4.74. The van der Waals surface area contributed by atoms with Crippen molar-refractivity contribution in [2.24, 2.45) is 0 Å². The molecule has 3 heterocycles. The van der Waals surface area contributed by atoms with E-state index in [1.807, 2.05) is 18.2 Å². The van der Waals surface area contributed by atoms with Crippen molar-refractivity contribution in [2.45, 2.75) is 19.9 Å². The minimum absolute atomic E-state index is 0.934. The Kier molecular flexibility index (Phi) is 4.17. The monoisotopic (exact) mass is 322 g/mol. The van der Waals surface area contributed by atoms with Gasteiger partial charge in [0.15, 0.2) is 5.82 Å². The third kappa shape index (κ3) is 2.87. The van der Waals surface area contributed by atoms with Crippen LogP contribution in [0.2, 0.25) is 0 Å². The predicted octanol–water partition coefficient (Wildman–Crippen LogP) is 3.11.